The molecule has 0 atom stereocenters. The lowest BCUT2D eigenvalue weighted by Crippen LogP contribution is -2.38. The molecule has 0 radical (unpaired) electrons. The molecule has 1 fully saturated rings. The second-order valence-electron chi connectivity index (χ2n) is 6.92. The first-order chi connectivity index (χ1) is 13.3. The van der Waals surface area contributed by atoms with Gasteiger partial charge in [0.05, 0.1) is 4.90 Å². The first-order valence-electron chi connectivity index (χ1n) is 9.13. The second kappa shape index (κ2) is 8.36. The van der Waals surface area contributed by atoms with Gasteiger partial charge in [-0.05, 0) is 55.3 Å². The molecule has 1 saturated carbocycles. The number of anilines is 1. The Morgan fingerprint density at radius 1 is 1.00 bits per heavy atom. The zero-order valence-corrected chi connectivity index (χ0v) is 16.3. The van der Waals surface area contributed by atoms with Gasteiger partial charge in [-0.25, -0.2) is 17.2 Å². The van der Waals surface area contributed by atoms with Gasteiger partial charge in [0.15, 0.2) is 11.6 Å². The van der Waals surface area contributed by atoms with Gasteiger partial charge in [0.2, 0.25) is 10.0 Å². The van der Waals surface area contributed by atoms with Crippen LogP contribution < -0.4 is 5.32 Å². The number of carbonyl (C=O) groups excluding carboxylic acids is 1. The van der Waals surface area contributed by atoms with Crippen LogP contribution in [-0.2, 0) is 10.0 Å². The topological polar surface area (TPSA) is 66.5 Å². The van der Waals surface area contributed by atoms with Gasteiger partial charge in [0, 0.05) is 24.3 Å². The average molecular weight is 408 g/mol. The number of halogens is 2. The van der Waals surface area contributed by atoms with Crippen molar-refractivity contribution in [1.82, 2.24) is 4.31 Å². The third-order valence-electron chi connectivity index (χ3n) is 5.06. The molecule has 5 nitrogen and oxygen atoms in total. The van der Waals surface area contributed by atoms with E-state index in [-0.39, 0.29) is 16.5 Å². The lowest BCUT2D eigenvalue weighted by Gasteiger charge is -2.30. The Kier molecular flexibility index (Phi) is 6.10. The van der Waals surface area contributed by atoms with Crippen LogP contribution in [0, 0.1) is 11.6 Å². The summed E-state index contributed by atoms with van der Waals surface area (Å²) < 4.78 is 53.3. The van der Waals surface area contributed by atoms with Gasteiger partial charge in [0.1, 0.15) is 0 Å². The summed E-state index contributed by atoms with van der Waals surface area (Å²) in [6.07, 6.45) is 4.91. The Morgan fingerprint density at radius 2 is 1.64 bits per heavy atom. The molecule has 1 N–H and O–H groups in total. The molecule has 1 aliphatic carbocycles. The van der Waals surface area contributed by atoms with Crippen LogP contribution in [0.2, 0.25) is 0 Å². The maximum atomic E-state index is 13.3. The van der Waals surface area contributed by atoms with E-state index in [9.17, 15) is 22.0 Å². The number of rotatable bonds is 5. The van der Waals surface area contributed by atoms with Gasteiger partial charge < -0.3 is 5.32 Å². The van der Waals surface area contributed by atoms with Crippen LogP contribution in [0.4, 0.5) is 14.5 Å². The molecule has 0 unspecified atom stereocenters. The molecule has 28 heavy (non-hydrogen) atoms. The van der Waals surface area contributed by atoms with E-state index in [1.165, 1.54) is 34.6 Å². The fraction of sp³-hybridized carbons (Fsp3) is 0.350. The van der Waals surface area contributed by atoms with Crippen molar-refractivity contribution in [3.05, 3.63) is 59.7 Å². The quantitative estimate of drug-likeness (QED) is 0.808. The molecule has 2 aromatic carbocycles. The fourth-order valence-corrected chi connectivity index (χ4v) is 4.77. The first-order valence-corrected chi connectivity index (χ1v) is 10.6. The van der Waals surface area contributed by atoms with Crippen LogP contribution in [0.25, 0.3) is 0 Å². The van der Waals surface area contributed by atoms with Crippen LogP contribution in [-0.4, -0.2) is 31.7 Å². The van der Waals surface area contributed by atoms with Crippen LogP contribution in [0.3, 0.4) is 0 Å². The second-order valence-corrected chi connectivity index (χ2v) is 8.92. The smallest absolute Gasteiger partial charge is 0.255 e. The Bertz CT molecular complexity index is 956. The third kappa shape index (κ3) is 4.39. The van der Waals surface area contributed by atoms with E-state index in [2.05, 4.69) is 5.32 Å². The highest BCUT2D eigenvalue weighted by Gasteiger charge is 2.28. The lowest BCUT2D eigenvalue weighted by atomic mass is 9.96. The Morgan fingerprint density at radius 3 is 2.25 bits per heavy atom. The van der Waals surface area contributed by atoms with E-state index in [0.717, 1.165) is 44.2 Å². The number of hydrogen-bond donors (Lipinski definition) is 1. The molecule has 2 aromatic rings. The van der Waals surface area contributed by atoms with Gasteiger partial charge in [-0.1, -0.05) is 19.3 Å². The standard InChI is InChI=1S/C20H22F2N2O3S/c1-24(16-5-3-2-4-6-16)28(26,27)17-10-8-15(9-11-17)23-20(25)14-7-12-18(21)19(22)13-14/h7-13,16H,2-6H2,1H3,(H,23,25). The lowest BCUT2D eigenvalue weighted by molar-refractivity contribution is 0.102. The van der Waals surface area contributed by atoms with Crippen molar-refractivity contribution in [3.63, 3.8) is 0 Å². The van der Waals surface area contributed by atoms with Crippen molar-refractivity contribution in [2.75, 3.05) is 12.4 Å². The zero-order valence-electron chi connectivity index (χ0n) is 15.5. The van der Waals surface area contributed by atoms with E-state index >= 15 is 0 Å². The number of amides is 1. The largest absolute Gasteiger partial charge is 0.322 e. The summed E-state index contributed by atoms with van der Waals surface area (Å²) in [7, 11) is -2.02. The van der Waals surface area contributed by atoms with Crippen LogP contribution in [0.1, 0.15) is 42.5 Å². The summed E-state index contributed by atoms with van der Waals surface area (Å²) in [6.45, 7) is 0. The zero-order chi connectivity index (χ0) is 20.3. The highest BCUT2D eigenvalue weighted by Crippen LogP contribution is 2.27. The van der Waals surface area contributed by atoms with Crippen molar-refractivity contribution in [2.45, 2.75) is 43.0 Å². The Hall–Kier alpha value is -2.32. The van der Waals surface area contributed by atoms with Crippen LogP contribution in [0.15, 0.2) is 47.4 Å². The number of benzene rings is 2. The highest BCUT2D eigenvalue weighted by atomic mass is 32.2. The molecular weight excluding hydrogens is 386 g/mol. The van der Waals surface area contributed by atoms with E-state index in [1.807, 2.05) is 0 Å². The molecule has 0 saturated heterocycles. The summed E-state index contributed by atoms with van der Waals surface area (Å²) in [4.78, 5) is 12.3. The molecule has 150 valence electrons. The van der Waals surface area contributed by atoms with Gasteiger partial charge >= 0.3 is 0 Å². The molecule has 0 bridgehead atoms. The van der Waals surface area contributed by atoms with Gasteiger partial charge in [-0.2, -0.15) is 4.31 Å². The monoisotopic (exact) mass is 408 g/mol. The minimum atomic E-state index is -3.62. The summed E-state index contributed by atoms with van der Waals surface area (Å²) in [5.41, 5.74) is 0.321. The SMILES string of the molecule is CN(C1CCCCC1)S(=O)(=O)c1ccc(NC(=O)c2ccc(F)c(F)c2)cc1. The number of hydrogen-bond acceptors (Lipinski definition) is 3. The summed E-state index contributed by atoms with van der Waals surface area (Å²) in [5.74, 6) is -2.76. The van der Waals surface area contributed by atoms with E-state index in [0.29, 0.717) is 5.69 Å². The van der Waals surface area contributed by atoms with E-state index in [4.69, 9.17) is 0 Å². The minimum Gasteiger partial charge on any atom is -0.322 e. The number of carbonyl (C=O) groups is 1. The molecule has 1 amide bonds. The van der Waals surface area contributed by atoms with Crippen molar-refractivity contribution in [3.8, 4) is 0 Å². The number of sulfonamides is 1. The molecule has 0 heterocycles. The fourth-order valence-electron chi connectivity index (χ4n) is 3.36. The van der Waals surface area contributed by atoms with Crippen molar-refractivity contribution in [1.29, 1.82) is 0 Å². The molecule has 3 rings (SSSR count). The minimum absolute atomic E-state index is 0.00602. The van der Waals surface area contributed by atoms with Crippen molar-refractivity contribution in [2.24, 2.45) is 0 Å². The van der Waals surface area contributed by atoms with Crippen LogP contribution in [0.5, 0.6) is 0 Å². The molecule has 0 spiro atoms. The molecule has 0 aliphatic heterocycles. The van der Waals surface area contributed by atoms with Crippen LogP contribution >= 0.6 is 0 Å². The van der Waals surface area contributed by atoms with Crippen molar-refractivity contribution >= 4 is 21.6 Å². The molecular formula is C20H22F2N2O3S. The number of nitrogens with zero attached hydrogens (tertiary/aromatic N) is 1. The molecule has 1 aliphatic rings. The third-order valence-corrected chi connectivity index (χ3v) is 6.98. The highest BCUT2D eigenvalue weighted by molar-refractivity contribution is 7.89. The number of nitrogens with one attached hydrogen (secondary N) is 1. The Balaban J connectivity index is 1.71. The van der Waals surface area contributed by atoms with E-state index < -0.39 is 27.6 Å². The van der Waals surface area contributed by atoms with E-state index in [1.54, 1.807) is 7.05 Å². The normalized spacial score (nSPS) is 15.6. The summed E-state index contributed by atoms with van der Waals surface area (Å²) in [5, 5.41) is 2.54. The molecule has 0 aromatic heterocycles. The first kappa shape index (κ1) is 20.4. The average Bonchev–Trinajstić information content (AvgIpc) is 2.70. The summed E-state index contributed by atoms with van der Waals surface area (Å²) in [6, 6.07) is 8.66. The van der Waals surface area contributed by atoms with Gasteiger partial charge in [0.25, 0.3) is 5.91 Å². The maximum Gasteiger partial charge on any atom is 0.255 e. The summed E-state index contributed by atoms with van der Waals surface area (Å²) >= 11 is 0. The Labute approximate surface area is 163 Å². The predicted molar refractivity (Wildman–Crippen MR) is 103 cm³/mol. The predicted octanol–water partition coefficient (Wildman–Crippen LogP) is 4.17. The van der Waals surface area contributed by atoms with Gasteiger partial charge in [-0.3, -0.25) is 4.79 Å². The maximum absolute atomic E-state index is 13.3. The molecule has 8 heteroatoms. The van der Waals surface area contributed by atoms with Crippen molar-refractivity contribution < 1.29 is 22.0 Å². The van der Waals surface area contributed by atoms with Gasteiger partial charge in [-0.15, -0.1) is 0 Å².